The maximum Gasteiger partial charge on any atom is 0.137 e. The highest BCUT2D eigenvalue weighted by molar-refractivity contribution is 9.10. The molecular weight excluding hydrogens is 457 g/mol. The zero-order chi connectivity index (χ0) is 21.2. The van der Waals surface area contributed by atoms with Crippen molar-refractivity contribution in [1.82, 2.24) is 10.2 Å². The lowest BCUT2D eigenvalue weighted by Crippen LogP contribution is -2.38. The van der Waals surface area contributed by atoms with Gasteiger partial charge in [-0.25, -0.2) is 4.39 Å². The molecule has 0 bridgehead atoms. The second kappa shape index (κ2) is 9.13. The molecule has 1 N–H and O–H groups in total. The van der Waals surface area contributed by atoms with E-state index in [2.05, 4.69) is 32.2 Å². The van der Waals surface area contributed by atoms with Crippen LogP contribution >= 0.6 is 15.9 Å². The molecule has 162 valence electrons. The molecule has 2 aromatic carbocycles. The van der Waals surface area contributed by atoms with Crippen LogP contribution < -0.4 is 5.32 Å². The number of piperidine rings is 1. The molecule has 2 aliphatic heterocycles. The number of benzene rings is 2. The van der Waals surface area contributed by atoms with E-state index in [1.54, 1.807) is 12.3 Å². The predicted molar refractivity (Wildman–Crippen MR) is 126 cm³/mol. The number of hydrogen-bond donors (Lipinski definition) is 1. The molecule has 1 fully saturated rings. The molecule has 0 unspecified atom stereocenters. The lowest BCUT2D eigenvalue weighted by molar-refractivity contribution is 0.295. The van der Waals surface area contributed by atoms with Gasteiger partial charge in [-0.3, -0.25) is 4.99 Å². The van der Waals surface area contributed by atoms with Crippen LogP contribution in [0, 0.1) is 11.7 Å². The van der Waals surface area contributed by atoms with Crippen LogP contribution in [0.4, 0.5) is 4.39 Å². The molecule has 0 radical (unpaired) electrons. The van der Waals surface area contributed by atoms with Gasteiger partial charge in [-0.2, -0.15) is 0 Å². The highest BCUT2D eigenvalue weighted by Crippen LogP contribution is 2.28. The average molecular weight is 484 g/mol. The Hall–Kier alpha value is -2.18. The molecule has 1 saturated heterocycles. The summed E-state index contributed by atoms with van der Waals surface area (Å²) in [5.41, 5.74) is 3.66. The molecule has 0 amide bonds. The Kier molecular flexibility index (Phi) is 6.10. The van der Waals surface area contributed by atoms with Crippen molar-refractivity contribution >= 4 is 32.7 Å². The van der Waals surface area contributed by atoms with Crippen molar-refractivity contribution < 1.29 is 8.81 Å². The Labute approximate surface area is 190 Å². The summed E-state index contributed by atoms with van der Waals surface area (Å²) in [4.78, 5) is 7.17. The van der Waals surface area contributed by atoms with Crippen molar-refractivity contribution in [3.63, 3.8) is 0 Å². The first kappa shape index (κ1) is 20.7. The van der Waals surface area contributed by atoms with Gasteiger partial charge < -0.3 is 14.6 Å². The summed E-state index contributed by atoms with van der Waals surface area (Å²) in [5.74, 6) is 1.49. The first-order valence-electron chi connectivity index (χ1n) is 11.1. The van der Waals surface area contributed by atoms with E-state index in [-0.39, 0.29) is 5.82 Å². The summed E-state index contributed by atoms with van der Waals surface area (Å²) >= 11 is 3.59. The van der Waals surface area contributed by atoms with Crippen molar-refractivity contribution in [3.05, 3.63) is 69.6 Å². The first-order chi connectivity index (χ1) is 15.2. The summed E-state index contributed by atoms with van der Waals surface area (Å²) in [5, 5.41) is 4.50. The van der Waals surface area contributed by atoms with Gasteiger partial charge in [0.2, 0.25) is 0 Å². The Bertz CT molecular complexity index is 1100. The number of aliphatic imine (C=N–C) groups is 1. The summed E-state index contributed by atoms with van der Waals surface area (Å²) in [6.07, 6.45) is 5.41. The van der Waals surface area contributed by atoms with Gasteiger partial charge in [0, 0.05) is 28.5 Å². The number of fused-ring (bicyclic) bond motifs is 1. The molecule has 4 nitrogen and oxygen atoms in total. The standard InChI is InChI=1S/C25H27BrFN3O/c26-20-14-18(24-19(15-20)8-13-31-24)4-5-21-22(2-1-3-23(21)27)25-29-11-12-30(25)16-17-6-9-28-10-7-17/h1-3,8,13-15,17,28H,4-7,9-12,16H2. The monoisotopic (exact) mass is 483 g/mol. The fourth-order valence-electron chi connectivity index (χ4n) is 4.88. The van der Waals surface area contributed by atoms with Crippen molar-refractivity contribution in [2.45, 2.75) is 25.7 Å². The van der Waals surface area contributed by atoms with Gasteiger partial charge in [0.05, 0.1) is 12.8 Å². The van der Waals surface area contributed by atoms with E-state index in [9.17, 15) is 0 Å². The molecule has 0 saturated carbocycles. The SMILES string of the molecule is Fc1cccc(C2=NCCN2CC2CCNCC2)c1CCc1cc(Br)cc2ccoc12. The lowest BCUT2D eigenvalue weighted by Gasteiger charge is -2.30. The third-order valence-electron chi connectivity index (χ3n) is 6.47. The molecule has 3 heterocycles. The van der Waals surface area contributed by atoms with E-state index < -0.39 is 0 Å². The second-order valence-corrected chi connectivity index (χ2v) is 9.43. The normalized spacial score (nSPS) is 17.5. The maximum atomic E-state index is 15.0. The van der Waals surface area contributed by atoms with Gasteiger partial charge in [0.25, 0.3) is 0 Å². The molecule has 0 aliphatic carbocycles. The molecule has 2 aliphatic rings. The van der Waals surface area contributed by atoms with E-state index in [4.69, 9.17) is 9.41 Å². The van der Waals surface area contributed by atoms with E-state index >= 15 is 4.39 Å². The van der Waals surface area contributed by atoms with E-state index in [1.165, 1.54) is 12.8 Å². The van der Waals surface area contributed by atoms with E-state index in [0.717, 1.165) is 70.7 Å². The van der Waals surface area contributed by atoms with Crippen LogP contribution in [0.3, 0.4) is 0 Å². The fraction of sp³-hybridized carbons (Fsp3) is 0.400. The van der Waals surface area contributed by atoms with Crippen LogP contribution in [0.2, 0.25) is 0 Å². The molecule has 0 spiro atoms. The number of furan rings is 1. The minimum Gasteiger partial charge on any atom is -0.464 e. The first-order valence-corrected chi connectivity index (χ1v) is 11.9. The van der Waals surface area contributed by atoms with Crippen LogP contribution in [0.25, 0.3) is 11.0 Å². The fourth-order valence-corrected chi connectivity index (χ4v) is 5.40. The Morgan fingerprint density at radius 2 is 2.03 bits per heavy atom. The Balaban J connectivity index is 1.39. The van der Waals surface area contributed by atoms with E-state index in [0.29, 0.717) is 18.8 Å². The lowest BCUT2D eigenvalue weighted by atomic mass is 9.95. The zero-order valence-electron chi connectivity index (χ0n) is 17.5. The zero-order valence-corrected chi connectivity index (χ0v) is 19.1. The van der Waals surface area contributed by atoms with Gasteiger partial charge in [0.15, 0.2) is 0 Å². The number of nitrogens with zero attached hydrogens (tertiary/aromatic N) is 2. The van der Waals surface area contributed by atoms with E-state index in [1.807, 2.05) is 24.3 Å². The highest BCUT2D eigenvalue weighted by atomic mass is 79.9. The highest BCUT2D eigenvalue weighted by Gasteiger charge is 2.26. The smallest absolute Gasteiger partial charge is 0.137 e. The minimum absolute atomic E-state index is 0.153. The molecule has 1 aromatic heterocycles. The van der Waals surface area contributed by atoms with Crippen molar-refractivity contribution in [2.75, 3.05) is 32.7 Å². The largest absolute Gasteiger partial charge is 0.464 e. The molecule has 0 atom stereocenters. The number of nitrogens with one attached hydrogen (secondary N) is 1. The quantitative estimate of drug-likeness (QED) is 0.524. The number of hydrogen-bond acceptors (Lipinski definition) is 4. The maximum absolute atomic E-state index is 15.0. The van der Waals surface area contributed by atoms with Gasteiger partial charge in [-0.05, 0) is 80.1 Å². The molecule has 6 heteroatoms. The third-order valence-corrected chi connectivity index (χ3v) is 6.92. The van der Waals surface area contributed by atoms with Crippen LogP contribution in [-0.4, -0.2) is 43.5 Å². The Morgan fingerprint density at radius 3 is 2.90 bits per heavy atom. The van der Waals surface area contributed by atoms with Crippen LogP contribution in [0.1, 0.15) is 29.5 Å². The number of halogens is 2. The average Bonchev–Trinajstić information content (AvgIpc) is 3.42. The molecule has 3 aromatic rings. The summed E-state index contributed by atoms with van der Waals surface area (Å²) < 4.78 is 21.7. The molecule has 5 rings (SSSR count). The summed E-state index contributed by atoms with van der Waals surface area (Å²) in [6, 6.07) is 11.5. The number of amidine groups is 1. The van der Waals surface area contributed by atoms with Crippen LogP contribution in [-0.2, 0) is 12.8 Å². The number of rotatable bonds is 6. The Morgan fingerprint density at radius 1 is 1.16 bits per heavy atom. The topological polar surface area (TPSA) is 40.8 Å². The van der Waals surface area contributed by atoms with Crippen molar-refractivity contribution in [3.8, 4) is 0 Å². The van der Waals surface area contributed by atoms with Crippen LogP contribution in [0.5, 0.6) is 0 Å². The number of aryl methyl sites for hydroxylation is 1. The predicted octanol–water partition coefficient (Wildman–Crippen LogP) is 5.18. The van der Waals surface area contributed by atoms with Gasteiger partial charge in [-0.1, -0.05) is 28.1 Å². The van der Waals surface area contributed by atoms with Gasteiger partial charge in [0.1, 0.15) is 17.2 Å². The second-order valence-electron chi connectivity index (χ2n) is 8.51. The molecule has 31 heavy (non-hydrogen) atoms. The van der Waals surface area contributed by atoms with Gasteiger partial charge in [-0.15, -0.1) is 0 Å². The summed E-state index contributed by atoms with van der Waals surface area (Å²) in [6.45, 7) is 4.89. The van der Waals surface area contributed by atoms with Crippen LogP contribution in [0.15, 0.2) is 56.5 Å². The van der Waals surface area contributed by atoms with Crippen molar-refractivity contribution in [1.29, 1.82) is 0 Å². The minimum atomic E-state index is -0.153. The van der Waals surface area contributed by atoms with Crippen molar-refractivity contribution in [2.24, 2.45) is 10.9 Å². The van der Waals surface area contributed by atoms with Gasteiger partial charge >= 0.3 is 0 Å². The summed E-state index contributed by atoms with van der Waals surface area (Å²) in [7, 11) is 0. The molecular formula is C25H27BrFN3O. The third kappa shape index (κ3) is 4.41.